The molecule has 0 aliphatic heterocycles. The monoisotopic (exact) mass is 457 g/mol. The largest absolute Gasteiger partial charge is 0.349 e. The van der Waals surface area contributed by atoms with Gasteiger partial charge in [-0.3, -0.25) is 14.9 Å². The van der Waals surface area contributed by atoms with Crippen LogP contribution < -0.4 is 16.0 Å². The Morgan fingerprint density at radius 1 is 0.727 bits per heavy atom. The number of thiocarbonyl (C=S) groups is 1. The number of anilines is 1. The number of hydrogen-bond donors (Lipinski definition) is 3. The number of carbonyl (C=O) groups is 2. The Morgan fingerprint density at radius 3 is 2.09 bits per heavy atom. The van der Waals surface area contributed by atoms with Gasteiger partial charge in [0.2, 0.25) is 0 Å². The predicted octanol–water partition coefficient (Wildman–Crippen LogP) is 5.54. The Morgan fingerprint density at radius 2 is 1.36 bits per heavy atom. The molecule has 1 aliphatic rings. The van der Waals surface area contributed by atoms with E-state index in [-0.39, 0.29) is 23.0 Å². The van der Waals surface area contributed by atoms with Gasteiger partial charge in [0.25, 0.3) is 11.8 Å². The van der Waals surface area contributed by atoms with E-state index in [4.69, 9.17) is 12.2 Å². The van der Waals surface area contributed by atoms with E-state index in [1.165, 1.54) is 6.42 Å². The summed E-state index contributed by atoms with van der Waals surface area (Å²) >= 11 is 5.35. The topological polar surface area (TPSA) is 70.2 Å². The third-order valence-electron chi connectivity index (χ3n) is 5.84. The van der Waals surface area contributed by atoms with Gasteiger partial charge in [0.15, 0.2) is 5.11 Å². The second-order valence-corrected chi connectivity index (χ2v) is 8.61. The third-order valence-corrected chi connectivity index (χ3v) is 6.05. The smallest absolute Gasteiger partial charge is 0.257 e. The first kappa shape index (κ1) is 22.7. The molecule has 4 rings (SSSR count). The number of rotatable bonds is 5. The minimum atomic E-state index is -0.309. The Labute approximate surface area is 199 Å². The van der Waals surface area contributed by atoms with Gasteiger partial charge in [-0.25, -0.2) is 0 Å². The summed E-state index contributed by atoms with van der Waals surface area (Å²) < 4.78 is 0. The van der Waals surface area contributed by atoms with Gasteiger partial charge in [0, 0.05) is 11.6 Å². The van der Waals surface area contributed by atoms with Gasteiger partial charge in [-0.15, -0.1) is 0 Å². The molecule has 1 saturated carbocycles. The van der Waals surface area contributed by atoms with Crippen molar-refractivity contribution in [1.82, 2.24) is 10.6 Å². The molecule has 1 aliphatic carbocycles. The maximum absolute atomic E-state index is 12.8. The summed E-state index contributed by atoms with van der Waals surface area (Å²) in [7, 11) is 0. The Balaban J connectivity index is 1.37. The molecule has 3 N–H and O–H groups in total. The molecule has 3 aromatic rings. The molecule has 0 radical (unpaired) electrons. The second kappa shape index (κ2) is 10.9. The van der Waals surface area contributed by atoms with Crippen LogP contribution >= 0.6 is 12.2 Å². The highest BCUT2D eigenvalue weighted by Gasteiger charge is 2.19. The number of para-hydroxylation sites is 1. The first-order valence-corrected chi connectivity index (χ1v) is 11.7. The fourth-order valence-corrected chi connectivity index (χ4v) is 4.28. The standard InChI is InChI=1S/C27H27N3O2S/c31-25(21-17-15-20(16-18-21)19-9-3-1-4-10-19)30-27(33)29-24-14-8-7-13-23(24)26(32)28-22-11-5-2-6-12-22/h1,3-4,7-10,13-18,22H,2,5-6,11-12H2,(H,28,32)(H2,29,30,31,33). The lowest BCUT2D eigenvalue weighted by atomic mass is 9.95. The summed E-state index contributed by atoms with van der Waals surface area (Å²) in [5, 5.41) is 8.97. The van der Waals surface area contributed by atoms with E-state index >= 15 is 0 Å². The average molecular weight is 458 g/mol. The molecule has 5 nitrogen and oxygen atoms in total. The maximum atomic E-state index is 12.8. The van der Waals surface area contributed by atoms with E-state index in [9.17, 15) is 9.59 Å². The molecule has 0 spiro atoms. The van der Waals surface area contributed by atoms with Crippen molar-refractivity contribution in [3.63, 3.8) is 0 Å². The van der Waals surface area contributed by atoms with E-state index in [1.807, 2.05) is 54.6 Å². The van der Waals surface area contributed by atoms with E-state index < -0.39 is 0 Å². The van der Waals surface area contributed by atoms with Crippen LogP contribution in [-0.2, 0) is 0 Å². The SMILES string of the molecule is O=C(NC(=S)Nc1ccccc1C(=O)NC1CCCCC1)c1ccc(-c2ccccc2)cc1. The Bertz CT molecular complexity index is 1120. The molecule has 0 heterocycles. The lowest BCUT2D eigenvalue weighted by Gasteiger charge is -2.23. The molecule has 0 saturated heterocycles. The summed E-state index contributed by atoms with van der Waals surface area (Å²) in [4.78, 5) is 25.5. The fourth-order valence-electron chi connectivity index (χ4n) is 4.07. The molecule has 6 heteroatoms. The van der Waals surface area contributed by atoms with Gasteiger partial charge in [0.05, 0.1) is 11.3 Å². The fraction of sp³-hybridized carbons (Fsp3) is 0.222. The number of carbonyl (C=O) groups excluding carboxylic acids is 2. The normalized spacial score (nSPS) is 13.7. The minimum absolute atomic E-state index is 0.129. The van der Waals surface area contributed by atoms with Crippen LogP contribution in [0.5, 0.6) is 0 Å². The maximum Gasteiger partial charge on any atom is 0.257 e. The van der Waals surface area contributed by atoms with Crippen LogP contribution in [-0.4, -0.2) is 23.0 Å². The zero-order valence-corrected chi connectivity index (χ0v) is 19.2. The highest BCUT2D eigenvalue weighted by atomic mass is 32.1. The van der Waals surface area contributed by atoms with Crippen LogP contribution in [0, 0.1) is 0 Å². The summed E-state index contributed by atoms with van der Waals surface area (Å²) in [6.45, 7) is 0. The molecule has 1 fully saturated rings. The van der Waals surface area contributed by atoms with Crippen molar-refractivity contribution in [3.8, 4) is 11.1 Å². The van der Waals surface area contributed by atoms with E-state index in [0.29, 0.717) is 16.8 Å². The Kier molecular flexibility index (Phi) is 7.47. The number of amides is 2. The van der Waals surface area contributed by atoms with Gasteiger partial charge in [-0.05, 0) is 60.5 Å². The summed E-state index contributed by atoms with van der Waals surface area (Å²) in [6, 6.07) is 24.7. The highest BCUT2D eigenvalue weighted by molar-refractivity contribution is 7.80. The first-order chi connectivity index (χ1) is 16.1. The molecule has 0 atom stereocenters. The zero-order chi connectivity index (χ0) is 23.0. The average Bonchev–Trinajstić information content (AvgIpc) is 2.85. The highest BCUT2D eigenvalue weighted by Crippen LogP contribution is 2.21. The minimum Gasteiger partial charge on any atom is -0.349 e. The number of nitrogens with one attached hydrogen (secondary N) is 3. The Hall–Kier alpha value is -3.51. The van der Waals surface area contributed by atoms with Gasteiger partial charge in [-0.1, -0.05) is 73.9 Å². The van der Waals surface area contributed by atoms with Crippen LogP contribution in [0.1, 0.15) is 52.8 Å². The lowest BCUT2D eigenvalue weighted by molar-refractivity contribution is 0.0927. The van der Waals surface area contributed by atoms with E-state index in [0.717, 1.165) is 36.8 Å². The summed E-state index contributed by atoms with van der Waals surface area (Å²) in [5.74, 6) is -0.438. The summed E-state index contributed by atoms with van der Waals surface area (Å²) in [6.07, 6.45) is 5.55. The van der Waals surface area contributed by atoms with Crippen LogP contribution in [0.2, 0.25) is 0 Å². The third kappa shape index (κ3) is 6.05. The molecule has 0 unspecified atom stereocenters. The quantitative estimate of drug-likeness (QED) is 0.440. The van der Waals surface area contributed by atoms with Gasteiger partial charge >= 0.3 is 0 Å². The molecule has 2 amide bonds. The van der Waals surface area contributed by atoms with E-state index in [1.54, 1.807) is 24.3 Å². The molecule has 168 valence electrons. The van der Waals surface area contributed by atoms with Crippen LogP contribution in [0.4, 0.5) is 5.69 Å². The van der Waals surface area contributed by atoms with Crippen molar-refractivity contribution >= 4 is 34.8 Å². The lowest BCUT2D eigenvalue weighted by Crippen LogP contribution is -2.37. The molecule has 0 bridgehead atoms. The van der Waals surface area contributed by atoms with Gasteiger partial charge in [0.1, 0.15) is 0 Å². The first-order valence-electron chi connectivity index (χ1n) is 11.3. The van der Waals surface area contributed by atoms with Crippen molar-refractivity contribution in [2.24, 2.45) is 0 Å². The van der Waals surface area contributed by atoms with Crippen LogP contribution in [0.15, 0.2) is 78.9 Å². The van der Waals surface area contributed by atoms with Crippen molar-refractivity contribution in [1.29, 1.82) is 0 Å². The van der Waals surface area contributed by atoms with E-state index in [2.05, 4.69) is 16.0 Å². The van der Waals surface area contributed by atoms with Crippen molar-refractivity contribution < 1.29 is 9.59 Å². The van der Waals surface area contributed by atoms with Gasteiger partial charge < -0.3 is 10.6 Å². The number of hydrogen-bond acceptors (Lipinski definition) is 3. The second-order valence-electron chi connectivity index (χ2n) is 8.21. The zero-order valence-electron chi connectivity index (χ0n) is 18.3. The summed E-state index contributed by atoms with van der Waals surface area (Å²) in [5.41, 5.74) is 3.69. The van der Waals surface area contributed by atoms with Crippen LogP contribution in [0.25, 0.3) is 11.1 Å². The van der Waals surface area contributed by atoms with Crippen LogP contribution in [0.3, 0.4) is 0 Å². The molecule has 0 aromatic heterocycles. The van der Waals surface area contributed by atoms with Crippen molar-refractivity contribution in [2.75, 3.05) is 5.32 Å². The molecular formula is C27H27N3O2S. The van der Waals surface area contributed by atoms with Gasteiger partial charge in [-0.2, -0.15) is 0 Å². The molecular weight excluding hydrogens is 430 g/mol. The van der Waals surface area contributed by atoms with Crippen molar-refractivity contribution in [2.45, 2.75) is 38.1 Å². The van der Waals surface area contributed by atoms with Crippen molar-refractivity contribution in [3.05, 3.63) is 90.0 Å². The molecule has 33 heavy (non-hydrogen) atoms. The number of benzene rings is 3. The molecule has 3 aromatic carbocycles. The predicted molar refractivity (Wildman–Crippen MR) is 136 cm³/mol.